The van der Waals surface area contributed by atoms with Crippen LogP contribution < -0.4 is 4.74 Å². The largest absolute Gasteiger partial charge is 0.768 e. The summed E-state index contributed by atoms with van der Waals surface area (Å²) in [5.74, 6) is 1.22. The van der Waals surface area contributed by atoms with Crippen LogP contribution in [0, 0.1) is 6.92 Å². The number of sulfone groups is 1. The predicted octanol–water partition coefficient (Wildman–Crippen LogP) is 5.53. The average Bonchev–Trinajstić information content (AvgIpc) is 2.81. The zero-order valence-corrected chi connectivity index (χ0v) is 18.7. The Kier molecular flexibility index (Phi) is 6.23. The summed E-state index contributed by atoms with van der Waals surface area (Å²) in [6.45, 7) is 1.99. The molecule has 0 saturated heterocycles. The molecule has 7 heteroatoms. The molecule has 0 fully saturated rings. The molecule has 0 aliphatic rings. The van der Waals surface area contributed by atoms with Crippen LogP contribution in [0.3, 0.4) is 0 Å². The van der Waals surface area contributed by atoms with E-state index in [1.807, 2.05) is 31.2 Å². The molecule has 4 aromatic rings. The molecule has 32 heavy (non-hydrogen) atoms. The van der Waals surface area contributed by atoms with Crippen molar-refractivity contribution < 1.29 is 21.9 Å². The smallest absolute Gasteiger partial charge is 0.206 e. The van der Waals surface area contributed by atoms with Crippen molar-refractivity contribution in [1.29, 1.82) is 0 Å². The molecule has 0 aliphatic carbocycles. The Hall–Kier alpha value is -3.26. The van der Waals surface area contributed by atoms with Gasteiger partial charge in [0, 0.05) is 4.90 Å². The molecule has 0 heterocycles. The van der Waals surface area contributed by atoms with Gasteiger partial charge in [0.05, 0.1) is 9.79 Å². The second-order valence-corrected chi connectivity index (χ2v) is 10.1. The first-order chi connectivity index (χ1) is 15.3. The Morgan fingerprint density at radius 2 is 1.06 bits per heavy atom. The summed E-state index contributed by atoms with van der Waals surface area (Å²) < 4.78 is 53.7. The number of hydrogen-bond donors (Lipinski definition) is 0. The van der Waals surface area contributed by atoms with Gasteiger partial charge in [-0.15, -0.1) is 0 Å². The van der Waals surface area contributed by atoms with Crippen LogP contribution in [-0.2, 0) is 20.9 Å². The highest BCUT2D eigenvalue weighted by Gasteiger charge is 2.18. The second-order valence-electron chi connectivity index (χ2n) is 7.17. The first kappa shape index (κ1) is 22.0. The molecule has 0 aliphatic heterocycles. The summed E-state index contributed by atoms with van der Waals surface area (Å²) in [5, 5.41) is 0. The number of hydrogen-bond acceptors (Lipinski definition) is 5. The molecule has 0 N–H and O–H groups in total. The summed E-state index contributed by atoms with van der Waals surface area (Å²) in [6.07, 6.45) is 0. The maximum atomic E-state index is 13.0. The van der Waals surface area contributed by atoms with Crippen LogP contribution in [0.2, 0.25) is 0 Å². The van der Waals surface area contributed by atoms with E-state index in [0.29, 0.717) is 11.5 Å². The Morgan fingerprint density at radius 1 is 0.656 bits per heavy atom. The minimum Gasteiger partial charge on any atom is -0.768 e. The minimum atomic E-state index is -3.69. The number of benzene rings is 4. The number of rotatable bonds is 6. The molecule has 0 radical (unpaired) electrons. The van der Waals surface area contributed by atoms with E-state index in [-0.39, 0.29) is 14.7 Å². The second kappa shape index (κ2) is 9.08. The molecule has 162 valence electrons. The molecule has 0 spiro atoms. The average molecular weight is 464 g/mol. The molecule has 0 bridgehead atoms. The van der Waals surface area contributed by atoms with Gasteiger partial charge in [0.15, 0.2) is 0 Å². The fourth-order valence-electron chi connectivity index (χ4n) is 3.15. The van der Waals surface area contributed by atoms with Crippen LogP contribution in [0.1, 0.15) is 5.56 Å². The highest BCUT2D eigenvalue weighted by Crippen LogP contribution is 2.28. The van der Waals surface area contributed by atoms with Crippen molar-refractivity contribution in [2.75, 3.05) is 0 Å². The van der Waals surface area contributed by atoms with Gasteiger partial charge >= 0.3 is 0 Å². The molecule has 4 rings (SSSR count). The normalized spacial score (nSPS) is 12.3. The van der Waals surface area contributed by atoms with Gasteiger partial charge < -0.3 is 9.29 Å². The van der Waals surface area contributed by atoms with Crippen LogP contribution in [0.4, 0.5) is 0 Å². The van der Waals surface area contributed by atoms with Crippen molar-refractivity contribution in [3.63, 3.8) is 0 Å². The van der Waals surface area contributed by atoms with Crippen molar-refractivity contribution in [2.24, 2.45) is 0 Å². The molecular weight excluding hydrogens is 444 g/mol. The van der Waals surface area contributed by atoms with E-state index in [4.69, 9.17) is 4.74 Å². The van der Waals surface area contributed by atoms with Crippen molar-refractivity contribution in [3.05, 3.63) is 103 Å². The van der Waals surface area contributed by atoms with Crippen LogP contribution in [0.15, 0.2) is 112 Å². The maximum Gasteiger partial charge on any atom is 0.206 e. The summed E-state index contributed by atoms with van der Waals surface area (Å²) in [4.78, 5) is 0.539. The first-order valence-corrected chi connectivity index (χ1v) is 12.3. The molecule has 5 nitrogen and oxygen atoms in total. The summed E-state index contributed by atoms with van der Waals surface area (Å²) >= 11 is -2.28. The molecule has 0 saturated carbocycles. The quantitative estimate of drug-likeness (QED) is 0.351. The van der Waals surface area contributed by atoms with Gasteiger partial charge in [-0.25, -0.2) is 8.42 Å². The fraction of sp³-hybridized carbons (Fsp3) is 0.0400. The Labute approximate surface area is 189 Å². The van der Waals surface area contributed by atoms with E-state index < -0.39 is 20.9 Å². The maximum absolute atomic E-state index is 13.0. The van der Waals surface area contributed by atoms with Crippen LogP contribution in [-0.4, -0.2) is 17.2 Å². The monoisotopic (exact) mass is 463 g/mol. The van der Waals surface area contributed by atoms with Gasteiger partial charge in [-0.1, -0.05) is 42.0 Å². The Bertz CT molecular complexity index is 1340. The minimum absolute atomic E-state index is 0.170. The van der Waals surface area contributed by atoms with E-state index in [1.54, 1.807) is 48.5 Å². The predicted molar refractivity (Wildman–Crippen MR) is 122 cm³/mol. The molecule has 1 unspecified atom stereocenters. The van der Waals surface area contributed by atoms with E-state index >= 15 is 0 Å². The number of ether oxygens (including phenoxy) is 1. The van der Waals surface area contributed by atoms with Crippen LogP contribution >= 0.6 is 0 Å². The zero-order valence-electron chi connectivity index (χ0n) is 17.1. The van der Waals surface area contributed by atoms with Gasteiger partial charge in [-0.3, -0.25) is 4.21 Å². The molecule has 0 aromatic heterocycles. The summed E-state index contributed by atoms with van der Waals surface area (Å²) in [6, 6.07) is 26.7. The molecule has 0 amide bonds. The standard InChI is InChI=1S/C25H20O5S2/c1-18-2-8-21(9-3-18)30-22-10-16-25(17-11-22)32(28,29)24-14-6-20(7-15-24)19-4-12-23(13-5-19)31(26)27/h2-17H,1H3,(H,26,27)/p-1. The van der Waals surface area contributed by atoms with E-state index in [9.17, 15) is 17.2 Å². The number of aryl methyl sites for hydroxylation is 1. The van der Waals surface area contributed by atoms with Gasteiger partial charge in [0.25, 0.3) is 0 Å². The lowest BCUT2D eigenvalue weighted by molar-refractivity contribution is 0.482. The van der Waals surface area contributed by atoms with E-state index in [0.717, 1.165) is 16.7 Å². The lowest BCUT2D eigenvalue weighted by Gasteiger charge is -2.09. The summed E-state index contributed by atoms with van der Waals surface area (Å²) in [7, 11) is -3.69. The van der Waals surface area contributed by atoms with Gasteiger partial charge in [0.1, 0.15) is 11.5 Å². The lowest BCUT2D eigenvalue weighted by atomic mass is 10.1. The molecule has 4 aromatic carbocycles. The topological polar surface area (TPSA) is 83.5 Å². The lowest BCUT2D eigenvalue weighted by Crippen LogP contribution is -2.01. The van der Waals surface area contributed by atoms with Crippen molar-refractivity contribution in [1.82, 2.24) is 0 Å². The van der Waals surface area contributed by atoms with E-state index in [1.165, 1.54) is 24.3 Å². The van der Waals surface area contributed by atoms with E-state index in [2.05, 4.69) is 0 Å². The highest BCUT2D eigenvalue weighted by molar-refractivity contribution is 7.91. The Balaban J connectivity index is 1.52. The van der Waals surface area contributed by atoms with Gasteiger partial charge in [-0.2, -0.15) is 0 Å². The Morgan fingerprint density at radius 3 is 1.53 bits per heavy atom. The fourth-order valence-corrected chi connectivity index (χ4v) is 4.77. The first-order valence-electron chi connectivity index (χ1n) is 9.72. The SMILES string of the molecule is Cc1ccc(Oc2ccc(S(=O)(=O)c3ccc(-c4ccc(S(=O)[O-])cc4)cc3)cc2)cc1. The van der Waals surface area contributed by atoms with Gasteiger partial charge in [0.2, 0.25) is 9.84 Å². The zero-order chi connectivity index (χ0) is 22.7. The third-order valence-electron chi connectivity index (χ3n) is 4.94. The molecule has 1 atom stereocenters. The van der Waals surface area contributed by atoms with Crippen molar-refractivity contribution >= 4 is 20.9 Å². The van der Waals surface area contributed by atoms with Crippen molar-refractivity contribution in [3.8, 4) is 22.6 Å². The van der Waals surface area contributed by atoms with Gasteiger partial charge in [-0.05, 0) is 89.8 Å². The van der Waals surface area contributed by atoms with Crippen molar-refractivity contribution in [2.45, 2.75) is 21.6 Å². The third-order valence-corrected chi connectivity index (χ3v) is 7.38. The van der Waals surface area contributed by atoms with Crippen LogP contribution in [0.25, 0.3) is 11.1 Å². The summed E-state index contributed by atoms with van der Waals surface area (Å²) in [5.41, 5.74) is 2.70. The van der Waals surface area contributed by atoms with Crippen LogP contribution in [0.5, 0.6) is 11.5 Å². The molecular formula is C25H19O5S2-. The highest BCUT2D eigenvalue weighted by atomic mass is 32.2. The third kappa shape index (κ3) is 4.80.